The summed E-state index contributed by atoms with van der Waals surface area (Å²) in [6.07, 6.45) is 5.71. The maximum atomic E-state index is 12.0. The highest BCUT2D eigenvalue weighted by Gasteiger charge is 2.35. The zero-order valence-electron chi connectivity index (χ0n) is 9.38. The summed E-state index contributed by atoms with van der Waals surface area (Å²) in [7, 11) is 0. The van der Waals surface area contributed by atoms with E-state index in [4.69, 9.17) is 16.0 Å². The number of aryl methyl sites for hydroxylation is 1. The largest absolute Gasteiger partial charge is 0.459 e. The van der Waals surface area contributed by atoms with Crippen LogP contribution in [0.3, 0.4) is 0 Å². The molecule has 0 spiro atoms. The molecule has 1 amide bonds. The van der Waals surface area contributed by atoms with Crippen LogP contribution in [0.4, 0.5) is 0 Å². The highest BCUT2D eigenvalue weighted by molar-refractivity contribution is 6.19. The SMILES string of the molecule is Cc1ccoc1C(=O)NC1(CCl)CCCC1. The minimum Gasteiger partial charge on any atom is -0.459 e. The Labute approximate surface area is 100 Å². The van der Waals surface area contributed by atoms with Crippen molar-refractivity contribution in [1.82, 2.24) is 5.32 Å². The summed E-state index contributed by atoms with van der Waals surface area (Å²) in [5, 5.41) is 3.02. The molecular weight excluding hydrogens is 226 g/mol. The van der Waals surface area contributed by atoms with Crippen LogP contribution in [0.5, 0.6) is 0 Å². The van der Waals surface area contributed by atoms with E-state index in [1.807, 2.05) is 6.92 Å². The van der Waals surface area contributed by atoms with Gasteiger partial charge >= 0.3 is 0 Å². The summed E-state index contributed by atoms with van der Waals surface area (Å²) in [4.78, 5) is 12.0. The number of hydrogen-bond donors (Lipinski definition) is 1. The Morgan fingerprint density at radius 1 is 1.56 bits per heavy atom. The average Bonchev–Trinajstić information content (AvgIpc) is 2.87. The summed E-state index contributed by atoms with van der Waals surface area (Å²) in [6.45, 7) is 1.86. The number of carbonyl (C=O) groups excluding carboxylic acids is 1. The van der Waals surface area contributed by atoms with Crippen LogP contribution in [0.25, 0.3) is 0 Å². The molecular formula is C12H16ClNO2. The van der Waals surface area contributed by atoms with Crippen LogP contribution in [0.2, 0.25) is 0 Å². The molecule has 3 nitrogen and oxygen atoms in total. The minimum atomic E-state index is -0.224. The van der Waals surface area contributed by atoms with Crippen molar-refractivity contribution in [2.75, 3.05) is 5.88 Å². The van der Waals surface area contributed by atoms with Crippen molar-refractivity contribution in [1.29, 1.82) is 0 Å². The highest BCUT2D eigenvalue weighted by atomic mass is 35.5. The zero-order valence-corrected chi connectivity index (χ0v) is 10.1. The summed E-state index contributed by atoms with van der Waals surface area (Å²) in [6, 6.07) is 1.79. The second-order valence-corrected chi connectivity index (χ2v) is 4.78. The van der Waals surface area contributed by atoms with Crippen molar-refractivity contribution >= 4 is 17.5 Å². The first kappa shape index (κ1) is 11.5. The Kier molecular flexibility index (Phi) is 3.24. The molecule has 0 aliphatic heterocycles. The second-order valence-electron chi connectivity index (χ2n) is 4.51. The third-order valence-corrected chi connectivity index (χ3v) is 3.78. The Hall–Kier alpha value is -0.960. The van der Waals surface area contributed by atoms with Gasteiger partial charge in [0, 0.05) is 11.4 Å². The second kappa shape index (κ2) is 4.50. The first-order chi connectivity index (χ1) is 7.67. The number of amides is 1. The number of halogens is 1. The molecule has 1 heterocycles. The standard InChI is InChI=1S/C12H16ClNO2/c1-9-4-7-16-10(9)11(15)14-12(8-13)5-2-3-6-12/h4,7H,2-3,5-6,8H2,1H3,(H,14,15). The lowest BCUT2D eigenvalue weighted by molar-refractivity contribution is 0.0880. The van der Waals surface area contributed by atoms with E-state index in [-0.39, 0.29) is 11.4 Å². The van der Waals surface area contributed by atoms with E-state index in [9.17, 15) is 4.79 Å². The van der Waals surface area contributed by atoms with Gasteiger partial charge in [-0.05, 0) is 25.8 Å². The van der Waals surface area contributed by atoms with Gasteiger partial charge in [-0.2, -0.15) is 0 Å². The van der Waals surface area contributed by atoms with Crippen molar-refractivity contribution in [3.05, 3.63) is 23.7 Å². The summed E-state index contributed by atoms with van der Waals surface area (Å²) in [5.74, 6) is 0.722. The molecule has 0 radical (unpaired) electrons. The monoisotopic (exact) mass is 241 g/mol. The first-order valence-corrected chi connectivity index (χ1v) is 6.13. The molecule has 1 aromatic rings. The minimum absolute atomic E-state index is 0.148. The average molecular weight is 242 g/mol. The van der Waals surface area contributed by atoms with Gasteiger partial charge in [0.1, 0.15) is 0 Å². The molecule has 1 aliphatic rings. The lowest BCUT2D eigenvalue weighted by atomic mass is 10.00. The van der Waals surface area contributed by atoms with Gasteiger partial charge in [0.2, 0.25) is 0 Å². The van der Waals surface area contributed by atoms with Crippen LogP contribution in [0.1, 0.15) is 41.8 Å². The number of hydrogen-bond acceptors (Lipinski definition) is 2. The molecule has 0 unspecified atom stereocenters. The first-order valence-electron chi connectivity index (χ1n) is 5.59. The third-order valence-electron chi connectivity index (χ3n) is 3.26. The number of furan rings is 1. The van der Waals surface area contributed by atoms with Gasteiger partial charge in [-0.1, -0.05) is 12.8 Å². The van der Waals surface area contributed by atoms with Crippen LogP contribution in [-0.2, 0) is 0 Å². The van der Waals surface area contributed by atoms with Crippen LogP contribution >= 0.6 is 11.6 Å². The van der Waals surface area contributed by atoms with Crippen LogP contribution in [-0.4, -0.2) is 17.3 Å². The maximum absolute atomic E-state index is 12.0. The lowest BCUT2D eigenvalue weighted by Gasteiger charge is -2.27. The quantitative estimate of drug-likeness (QED) is 0.827. The zero-order chi connectivity index (χ0) is 11.6. The van der Waals surface area contributed by atoms with Crippen molar-refractivity contribution in [3.63, 3.8) is 0 Å². The molecule has 88 valence electrons. The van der Waals surface area contributed by atoms with Crippen molar-refractivity contribution in [2.24, 2.45) is 0 Å². The van der Waals surface area contributed by atoms with Crippen LogP contribution < -0.4 is 5.32 Å². The van der Waals surface area contributed by atoms with E-state index >= 15 is 0 Å². The smallest absolute Gasteiger partial charge is 0.287 e. The normalized spacial score (nSPS) is 18.6. The molecule has 1 saturated carbocycles. The van der Waals surface area contributed by atoms with E-state index in [0.29, 0.717) is 11.6 Å². The number of alkyl halides is 1. The molecule has 1 N–H and O–H groups in total. The van der Waals surface area contributed by atoms with Gasteiger partial charge in [0.15, 0.2) is 5.76 Å². The van der Waals surface area contributed by atoms with E-state index in [2.05, 4.69) is 5.32 Å². The predicted molar refractivity (Wildman–Crippen MR) is 62.8 cm³/mol. The third kappa shape index (κ3) is 2.09. The lowest BCUT2D eigenvalue weighted by Crippen LogP contribution is -2.47. The van der Waals surface area contributed by atoms with E-state index in [0.717, 1.165) is 31.2 Å². The molecule has 0 saturated heterocycles. The Morgan fingerprint density at radius 2 is 2.25 bits per heavy atom. The molecule has 1 fully saturated rings. The van der Waals surface area contributed by atoms with Crippen molar-refractivity contribution in [2.45, 2.75) is 38.1 Å². The van der Waals surface area contributed by atoms with Crippen LogP contribution in [0, 0.1) is 6.92 Å². The van der Waals surface area contributed by atoms with Gasteiger partial charge in [-0.15, -0.1) is 11.6 Å². The predicted octanol–water partition coefficient (Wildman–Crippen LogP) is 2.87. The van der Waals surface area contributed by atoms with E-state index in [1.165, 1.54) is 6.26 Å². The Morgan fingerprint density at radius 3 is 2.75 bits per heavy atom. The number of rotatable bonds is 3. The number of carbonyl (C=O) groups is 1. The van der Waals surface area contributed by atoms with Gasteiger partial charge in [0.05, 0.1) is 11.8 Å². The molecule has 1 aromatic heterocycles. The summed E-state index contributed by atoms with van der Waals surface area (Å²) >= 11 is 5.96. The molecule has 16 heavy (non-hydrogen) atoms. The maximum Gasteiger partial charge on any atom is 0.287 e. The summed E-state index contributed by atoms with van der Waals surface area (Å²) in [5.41, 5.74) is 0.637. The van der Waals surface area contributed by atoms with Crippen molar-refractivity contribution < 1.29 is 9.21 Å². The fraction of sp³-hybridized carbons (Fsp3) is 0.583. The molecule has 1 aliphatic carbocycles. The summed E-state index contributed by atoms with van der Waals surface area (Å²) < 4.78 is 5.17. The molecule has 0 aromatic carbocycles. The van der Waals surface area contributed by atoms with Gasteiger partial charge in [-0.25, -0.2) is 0 Å². The van der Waals surface area contributed by atoms with Gasteiger partial charge in [-0.3, -0.25) is 4.79 Å². The van der Waals surface area contributed by atoms with Crippen molar-refractivity contribution in [3.8, 4) is 0 Å². The Bertz CT molecular complexity index is 380. The van der Waals surface area contributed by atoms with Gasteiger partial charge < -0.3 is 9.73 Å². The molecule has 0 atom stereocenters. The van der Waals surface area contributed by atoms with Crippen LogP contribution in [0.15, 0.2) is 16.7 Å². The molecule has 2 rings (SSSR count). The molecule has 0 bridgehead atoms. The Balaban J connectivity index is 2.09. The van der Waals surface area contributed by atoms with E-state index < -0.39 is 0 Å². The molecule has 4 heteroatoms. The fourth-order valence-electron chi connectivity index (χ4n) is 2.25. The van der Waals surface area contributed by atoms with Gasteiger partial charge in [0.25, 0.3) is 5.91 Å². The highest BCUT2D eigenvalue weighted by Crippen LogP contribution is 2.31. The number of nitrogens with one attached hydrogen (secondary N) is 1. The topological polar surface area (TPSA) is 42.2 Å². The fourth-order valence-corrected chi connectivity index (χ4v) is 2.58. The van der Waals surface area contributed by atoms with E-state index in [1.54, 1.807) is 6.07 Å².